The van der Waals surface area contributed by atoms with Crippen molar-refractivity contribution in [3.8, 4) is 11.6 Å². The van der Waals surface area contributed by atoms with Gasteiger partial charge in [-0.25, -0.2) is 24.3 Å². The Kier molecular flexibility index (Phi) is 4.76. The van der Waals surface area contributed by atoms with Crippen LogP contribution in [0.5, 0.6) is 0 Å². The number of hydrogen-bond acceptors (Lipinski definition) is 5. The van der Waals surface area contributed by atoms with Crippen molar-refractivity contribution in [2.45, 2.75) is 18.6 Å². The van der Waals surface area contributed by atoms with Crippen LogP contribution in [-0.4, -0.2) is 37.9 Å². The molecule has 0 amide bonds. The molecule has 0 aliphatic carbocycles. The third-order valence-electron chi connectivity index (χ3n) is 4.58. The molecule has 0 atom stereocenters. The van der Waals surface area contributed by atoms with Crippen LogP contribution in [0.4, 0.5) is 17.6 Å². The van der Waals surface area contributed by atoms with Gasteiger partial charge in [-0.05, 0) is 35.9 Å². The van der Waals surface area contributed by atoms with E-state index in [1.165, 1.54) is 0 Å². The van der Waals surface area contributed by atoms with Gasteiger partial charge in [0.05, 0.1) is 11.3 Å². The number of hydrogen-bond donors (Lipinski definition) is 0. The Bertz CT molecular complexity index is 972. The quantitative estimate of drug-likeness (QED) is 0.637. The highest BCUT2D eigenvalue weighted by atomic mass is 19.4. The number of alkyl halides is 3. The average Bonchev–Trinajstić information content (AvgIpc) is 2.64. The minimum Gasteiger partial charge on any atom is -0.298 e. The Morgan fingerprint density at radius 1 is 0.964 bits per heavy atom. The largest absolute Gasteiger partial charge is 0.416 e. The number of halogens is 4. The van der Waals surface area contributed by atoms with Gasteiger partial charge in [0.2, 0.25) is 0 Å². The van der Waals surface area contributed by atoms with E-state index in [9.17, 15) is 17.6 Å². The van der Waals surface area contributed by atoms with Gasteiger partial charge < -0.3 is 0 Å². The first-order valence-corrected chi connectivity index (χ1v) is 8.58. The summed E-state index contributed by atoms with van der Waals surface area (Å²) in [4.78, 5) is 18.7. The molecular weight excluding hydrogens is 374 g/mol. The average molecular weight is 389 g/mol. The van der Waals surface area contributed by atoms with Gasteiger partial charge in [0.15, 0.2) is 11.6 Å². The summed E-state index contributed by atoms with van der Waals surface area (Å²) in [5.74, 6) is 0.202. The molecule has 0 unspecified atom stereocenters. The molecule has 1 aliphatic rings. The molecular formula is C19H15F4N5. The third-order valence-corrected chi connectivity index (χ3v) is 4.58. The second-order valence-corrected chi connectivity index (χ2v) is 6.57. The van der Waals surface area contributed by atoms with E-state index in [4.69, 9.17) is 0 Å². The monoisotopic (exact) mass is 389 g/mol. The fraction of sp³-hybridized carbons (Fsp3) is 0.263. The van der Waals surface area contributed by atoms with Crippen LogP contribution >= 0.6 is 0 Å². The van der Waals surface area contributed by atoms with Gasteiger partial charge in [-0.2, -0.15) is 13.2 Å². The maximum atomic E-state index is 13.4. The van der Waals surface area contributed by atoms with Crippen molar-refractivity contribution in [2.75, 3.05) is 13.1 Å². The van der Waals surface area contributed by atoms with Crippen LogP contribution in [0, 0.1) is 5.82 Å². The van der Waals surface area contributed by atoms with E-state index < -0.39 is 17.6 Å². The zero-order chi connectivity index (χ0) is 19.7. The molecule has 1 aliphatic heterocycles. The fourth-order valence-corrected chi connectivity index (χ4v) is 3.22. The fourth-order valence-electron chi connectivity index (χ4n) is 3.22. The van der Waals surface area contributed by atoms with Crippen LogP contribution < -0.4 is 0 Å². The molecule has 2 aromatic heterocycles. The Labute approximate surface area is 158 Å². The molecule has 0 saturated carbocycles. The highest BCUT2D eigenvalue weighted by Crippen LogP contribution is 2.35. The van der Waals surface area contributed by atoms with E-state index >= 15 is 0 Å². The summed E-state index contributed by atoms with van der Waals surface area (Å²) in [7, 11) is 0. The molecule has 4 rings (SSSR count). The molecule has 1 aromatic carbocycles. The second-order valence-electron chi connectivity index (χ2n) is 6.57. The predicted octanol–water partition coefficient (Wildman–Crippen LogP) is 3.69. The van der Waals surface area contributed by atoms with Gasteiger partial charge in [0.25, 0.3) is 0 Å². The Balaban J connectivity index is 1.46. The van der Waals surface area contributed by atoms with Crippen molar-refractivity contribution in [3.63, 3.8) is 0 Å². The van der Waals surface area contributed by atoms with Crippen molar-refractivity contribution in [1.82, 2.24) is 24.8 Å². The van der Waals surface area contributed by atoms with Crippen molar-refractivity contribution < 1.29 is 17.6 Å². The van der Waals surface area contributed by atoms with Gasteiger partial charge in [0, 0.05) is 44.1 Å². The van der Waals surface area contributed by atoms with Gasteiger partial charge in [0.1, 0.15) is 5.82 Å². The molecule has 144 valence electrons. The normalized spacial score (nSPS) is 15.4. The van der Waals surface area contributed by atoms with Crippen LogP contribution in [0.2, 0.25) is 0 Å². The van der Waals surface area contributed by atoms with Crippen LogP contribution in [0.1, 0.15) is 22.7 Å². The number of benzene rings is 1. The van der Waals surface area contributed by atoms with Crippen molar-refractivity contribution in [2.24, 2.45) is 0 Å². The van der Waals surface area contributed by atoms with Gasteiger partial charge in [-0.3, -0.25) is 4.90 Å². The van der Waals surface area contributed by atoms with Crippen molar-refractivity contribution >= 4 is 0 Å². The Morgan fingerprint density at radius 3 is 2.39 bits per heavy atom. The van der Waals surface area contributed by atoms with E-state index in [1.54, 1.807) is 30.7 Å². The summed E-state index contributed by atoms with van der Waals surface area (Å²) in [6.07, 6.45) is 0.302. The van der Waals surface area contributed by atoms with E-state index in [1.807, 2.05) is 4.90 Å². The molecule has 1 saturated heterocycles. The molecule has 0 spiro atoms. The van der Waals surface area contributed by atoms with Gasteiger partial charge in [-0.1, -0.05) is 0 Å². The lowest BCUT2D eigenvalue weighted by atomic mass is 9.94. The molecule has 3 heterocycles. The summed E-state index contributed by atoms with van der Waals surface area (Å²) in [6.45, 7) is 1.09. The smallest absolute Gasteiger partial charge is 0.298 e. The highest BCUT2D eigenvalue weighted by molar-refractivity contribution is 5.42. The Hall–Kier alpha value is -2.94. The maximum absolute atomic E-state index is 13.4. The van der Waals surface area contributed by atoms with E-state index in [0.29, 0.717) is 24.7 Å². The lowest BCUT2D eigenvalue weighted by molar-refractivity contribution is -0.138. The second kappa shape index (κ2) is 7.23. The summed E-state index contributed by atoms with van der Waals surface area (Å²) in [5.41, 5.74) is -0.0844. The van der Waals surface area contributed by atoms with Crippen molar-refractivity contribution in [3.05, 3.63) is 71.6 Å². The minimum atomic E-state index is -4.51. The van der Waals surface area contributed by atoms with Crippen LogP contribution in [0.3, 0.4) is 0 Å². The topological polar surface area (TPSA) is 54.8 Å². The van der Waals surface area contributed by atoms with Crippen LogP contribution in [0.15, 0.2) is 48.9 Å². The molecule has 0 N–H and O–H groups in total. The molecule has 5 nitrogen and oxygen atoms in total. The standard InChI is InChI=1S/C19H15F4N5/c20-14-2-3-15(19(21,22)23)12(8-14)9-28-10-13(11-28)16-4-7-26-18(27-16)17-24-5-1-6-25-17/h1-8,13H,9-11H2. The van der Waals surface area contributed by atoms with Crippen molar-refractivity contribution in [1.29, 1.82) is 0 Å². The zero-order valence-electron chi connectivity index (χ0n) is 14.6. The molecule has 0 radical (unpaired) electrons. The van der Waals surface area contributed by atoms with Crippen LogP contribution in [0.25, 0.3) is 11.6 Å². The molecule has 28 heavy (non-hydrogen) atoms. The first kappa shape index (κ1) is 18.4. The molecule has 1 fully saturated rings. The van der Waals surface area contributed by atoms with Crippen LogP contribution in [-0.2, 0) is 12.7 Å². The Morgan fingerprint density at radius 2 is 1.68 bits per heavy atom. The number of nitrogens with zero attached hydrogens (tertiary/aromatic N) is 5. The van der Waals surface area contributed by atoms with E-state index in [-0.39, 0.29) is 18.0 Å². The lowest BCUT2D eigenvalue weighted by Crippen LogP contribution is -2.44. The first-order chi connectivity index (χ1) is 13.4. The minimum absolute atomic E-state index is 0.0306. The van der Waals surface area contributed by atoms with E-state index in [0.717, 1.165) is 23.9 Å². The maximum Gasteiger partial charge on any atom is 0.416 e. The van der Waals surface area contributed by atoms with Gasteiger partial charge in [-0.15, -0.1) is 0 Å². The number of rotatable bonds is 4. The zero-order valence-corrected chi connectivity index (χ0v) is 14.6. The van der Waals surface area contributed by atoms with E-state index in [2.05, 4.69) is 19.9 Å². The summed E-state index contributed by atoms with van der Waals surface area (Å²) in [5, 5.41) is 0. The third kappa shape index (κ3) is 3.84. The molecule has 9 heteroatoms. The summed E-state index contributed by atoms with van der Waals surface area (Å²) >= 11 is 0. The predicted molar refractivity (Wildman–Crippen MR) is 92.5 cm³/mol. The highest BCUT2D eigenvalue weighted by Gasteiger charge is 2.36. The number of likely N-dealkylation sites (tertiary alicyclic amines) is 1. The number of aromatic nitrogens is 4. The molecule has 3 aromatic rings. The first-order valence-electron chi connectivity index (χ1n) is 8.58. The van der Waals surface area contributed by atoms with Gasteiger partial charge >= 0.3 is 6.18 Å². The molecule has 0 bridgehead atoms. The lowest BCUT2D eigenvalue weighted by Gasteiger charge is -2.39. The SMILES string of the molecule is Fc1ccc(C(F)(F)F)c(CN2CC(c3ccnc(-c4ncccn4)n3)C2)c1. The summed E-state index contributed by atoms with van der Waals surface area (Å²) in [6, 6.07) is 6.04. The summed E-state index contributed by atoms with van der Waals surface area (Å²) < 4.78 is 52.8.